The quantitative estimate of drug-likeness (QED) is 0.518. The van der Waals surface area contributed by atoms with E-state index < -0.39 is 0 Å². The van der Waals surface area contributed by atoms with Crippen LogP contribution in [0.1, 0.15) is 13.3 Å². The van der Waals surface area contributed by atoms with Crippen molar-refractivity contribution in [3.05, 3.63) is 46.6 Å². The maximum Gasteiger partial charge on any atom is 0.0869 e. The molecule has 1 aliphatic rings. The molecule has 1 aliphatic carbocycles. The van der Waals surface area contributed by atoms with Gasteiger partial charge < -0.3 is 5.32 Å². The Morgan fingerprint density at radius 3 is 2.94 bits per heavy atom. The Kier molecular flexibility index (Phi) is 5.00. The van der Waals surface area contributed by atoms with E-state index in [2.05, 4.69) is 67.9 Å². The lowest BCUT2D eigenvalue weighted by molar-refractivity contribution is 0.725. The SMILES string of the molecule is CC1C=C(Nc2ccccc2/N=C\I)C=C(Br)C1. The van der Waals surface area contributed by atoms with Gasteiger partial charge in [-0.05, 0) is 57.6 Å². The third-order valence-electron chi connectivity index (χ3n) is 2.66. The highest BCUT2D eigenvalue weighted by molar-refractivity contribution is 14.1. The summed E-state index contributed by atoms with van der Waals surface area (Å²) in [6.45, 7) is 2.21. The van der Waals surface area contributed by atoms with Gasteiger partial charge in [-0.3, -0.25) is 0 Å². The number of para-hydroxylation sites is 2. The van der Waals surface area contributed by atoms with Crippen LogP contribution in [-0.4, -0.2) is 4.22 Å². The summed E-state index contributed by atoms with van der Waals surface area (Å²) in [5.41, 5.74) is 3.11. The minimum atomic E-state index is 0.548. The van der Waals surface area contributed by atoms with E-state index >= 15 is 0 Å². The van der Waals surface area contributed by atoms with Crippen molar-refractivity contribution in [1.82, 2.24) is 0 Å². The molecular weight excluding hydrogens is 403 g/mol. The van der Waals surface area contributed by atoms with Crippen molar-refractivity contribution in [1.29, 1.82) is 0 Å². The molecule has 2 nitrogen and oxygen atoms in total. The van der Waals surface area contributed by atoms with Gasteiger partial charge in [-0.25, -0.2) is 4.99 Å². The van der Waals surface area contributed by atoms with Gasteiger partial charge in [0.1, 0.15) is 0 Å². The molecule has 0 fully saturated rings. The third kappa shape index (κ3) is 3.68. The summed E-state index contributed by atoms with van der Waals surface area (Å²) in [6.07, 6.45) is 5.44. The molecule has 1 atom stereocenters. The van der Waals surface area contributed by atoms with Crippen molar-refractivity contribution in [3.8, 4) is 0 Å². The molecule has 0 aliphatic heterocycles. The van der Waals surface area contributed by atoms with Crippen LogP contribution in [0.15, 0.2) is 51.6 Å². The van der Waals surface area contributed by atoms with Gasteiger partial charge in [-0.15, -0.1) is 0 Å². The van der Waals surface area contributed by atoms with E-state index in [0.717, 1.165) is 23.5 Å². The van der Waals surface area contributed by atoms with Crippen LogP contribution in [0.3, 0.4) is 0 Å². The van der Waals surface area contributed by atoms with Gasteiger partial charge in [0.05, 0.1) is 15.6 Å². The molecule has 4 heteroatoms. The number of halogens is 2. The Morgan fingerprint density at radius 1 is 1.44 bits per heavy atom. The molecule has 0 bridgehead atoms. The molecule has 18 heavy (non-hydrogen) atoms. The normalized spacial score (nSPS) is 19.6. The largest absolute Gasteiger partial charge is 0.354 e. The fraction of sp³-hybridized carbons (Fsp3) is 0.214. The molecule has 0 spiro atoms. The predicted octanol–water partition coefficient (Wildman–Crippen LogP) is 5.40. The number of aliphatic imine (C=N–C) groups is 1. The van der Waals surface area contributed by atoms with E-state index in [-0.39, 0.29) is 0 Å². The highest BCUT2D eigenvalue weighted by atomic mass is 127. The van der Waals surface area contributed by atoms with E-state index in [9.17, 15) is 0 Å². The molecule has 0 saturated carbocycles. The fourth-order valence-corrected chi connectivity index (χ4v) is 2.98. The van der Waals surface area contributed by atoms with Gasteiger partial charge >= 0.3 is 0 Å². The highest BCUT2D eigenvalue weighted by Gasteiger charge is 2.10. The molecule has 94 valence electrons. The first-order valence-electron chi connectivity index (χ1n) is 5.75. The molecule has 0 saturated heterocycles. The topological polar surface area (TPSA) is 24.4 Å². The zero-order chi connectivity index (χ0) is 13.0. The van der Waals surface area contributed by atoms with E-state index in [1.54, 1.807) is 4.22 Å². The summed E-state index contributed by atoms with van der Waals surface area (Å²) in [4.78, 5) is 4.35. The van der Waals surface area contributed by atoms with Crippen molar-refractivity contribution >= 4 is 54.1 Å². The summed E-state index contributed by atoms with van der Waals surface area (Å²) in [5.74, 6) is 0.548. The molecule has 1 N–H and O–H groups in total. The number of benzene rings is 1. The van der Waals surface area contributed by atoms with Crippen molar-refractivity contribution in [2.75, 3.05) is 5.32 Å². The second-order valence-electron chi connectivity index (χ2n) is 4.26. The summed E-state index contributed by atoms with van der Waals surface area (Å²) < 4.78 is 3.01. The molecule has 1 aromatic carbocycles. The molecule has 1 aromatic rings. The zero-order valence-electron chi connectivity index (χ0n) is 10.0. The predicted molar refractivity (Wildman–Crippen MR) is 91.1 cm³/mol. The van der Waals surface area contributed by atoms with E-state index in [4.69, 9.17) is 0 Å². The first kappa shape index (κ1) is 13.8. The van der Waals surface area contributed by atoms with Crippen LogP contribution in [0, 0.1) is 5.92 Å². The first-order valence-corrected chi connectivity index (χ1v) is 7.79. The lowest BCUT2D eigenvalue weighted by Gasteiger charge is -2.17. The Morgan fingerprint density at radius 2 is 2.22 bits per heavy atom. The van der Waals surface area contributed by atoms with Crippen molar-refractivity contribution in [2.45, 2.75) is 13.3 Å². The van der Waals surface area contributed by atoms with Crippen LogP contribution in [0.5, 0.6) is 0 Å². The standard InChI is InChI=1S/C14H14BrIN2/c1-10-6-11(15)8-12(7-10)18-14-5-3-2-4-13(14)17-9-16/h2-5,7-10,18H,6H2,1H3/b17-9-. The number of hydrogen-bond donors (Lipinski definition) is 1. The zero-order valence-corrected chi connectivity index (χ0v) is 13.8. The Hall–Kier alpha value is -0.620. The van der Waals surface area contributed by atoms with E-state index in [1.807, 2.05) is 24.3 Å². The Bertz CT molecular complexity index is 520. The second kappa shape index (κ2) is 6.52. The smallest absolute Gasteiger partial charge is 0.0869 e. The Balaban J connectivity index is 2.24. The summed E-state index contributed by atoms with van der Waals surface area (Å²) in [7, 11) is 0. The summed E-state index contributed by atoms with van der Waals surface area (Å²) >= 11 is 5.71. The van der Waals surface area contributed by atoms with Crippen LogP contribution in [0.2, 0.25) is 0 Å². The average Bonchev–Trinajstić information content (AvgIpc) is 2.30. The van der Waals surface area contributed by atoms with Crippen LogP contribution < -0.4 is 5.32 Å². The monoisotopic (exact) mass is 416 g/mol. The number of allylic oxidation sites excluding steroid dienone is 3. The lowest BCUT2D eigenvalue weighted by Crippen LogP contribution is -2.05. The van der Waals surface area contributed by atoms with Crippen LogP contribution in [-0.2, 0) is 0 Å². The number of nitrogens with zero attached hydrogens (tertiary/aromatic N) is 1. The molecule has 0 radical (unpaired) electrons. The van der Waals surface area contributed by atoms with Gasteiger partial charge in [-0.2, -0.15) is 0 Å². The van der Waals surface area contributed by atoms with Crippen LogP contribution >= 0.6 is 38.5 Å². The van der Waals surface area contributed by atoms with E-state index in [1.165, 1.54) is 4.48 Å². The van der Waals surface area contributed by atoms with Gasteiger partial charge in [0.15, 0.2) is 0 Å². The van der Waals surface area contributed by atoms with E-state index in [0.29, 0.717) is 5.92 Å². The highest BCUT2D eigenvalue weighted by Crippen LogP contribution is 2.30. The first-order chi connectivity index (χ1) is 8.69. The molecule has 2 rings (SSSR count). The Labute approximate surface area is 130 Å². The number of hydrogen-bond acceptors (Lipinski definition) is 2. The lowest BCUT2D eigenvalue weighted by atomic mass is 10.0. The average molecular weight is 417 g/mol. The number of anilines is 1. The molecule has 0 aromatic heterocycles. The minimum absolute atomic E-state index is 0.548. The summed E-state index contributed by atoms with van der Waals surface area (Å²) in [6, 6.07) is 8.05. The molecule has 0 heterocycles. The van der Waals surface area contributed by atoms with Gasteiger partial charge in [0, 0.05) is 5.70 Å². The second-order valence-corrected chi connectivity index (χ2v) is 5.84. The maximum atomic E-state index is 4.35. The fourth-order valence-electron chi connectivity index (χ4n) is 1.93. The van der Waals surface area contributed by atoms with Crippen molar-refractivity contribution < 1.29 is 0 Å². The maximum absolute atomic E-state index is 4.35. The van der Waals surface area contributed by atoms with Crippen molar-refractivity contribution in [2.24, 2.45) is 10.9 Å². The molecule has 1 unspecified atom stereocenters. The van der Waals surface area contributed by atoms with Crippen LogP contribution in [0.4, 0.5) is 11.4 Å². The van der Waals surface area contributed by atoms with Gasteiger partial charge in [0.2, 0.25) is 0 Å². The van der Waals surface area contributed by atoms with Crippen LogP contribution in [0.25, 0.3) is 0 Å². The van der Waals surface area contributed by atoms with Crippen molar-refractivity contribution in [3.63, 3.8) is 0 Å². The van der Waals surface area contributed by atoms with Gasteiger partial charge in [-0.1, -0.05) is 41.1 Å². The summed E-state index contributed by atoms with van der Waals surface area (Å²) in [5, 5.41) is 3.43. The van der Waals surface area contributed by atoms with Gasteiger partial charge in [0.25, 0.3) is 0 Å². The third-order valence-corrected chi connectivity index (χ3v) is 3.50. The minimum Gasteiger partial charge on any atom is -0.354 e. The molecule has 0 amide bonds. The number of rotatable bonds is 3. The molecular formula is C14H14BrIN2. The number of nitrogens with one attached hydrogen (secondary N) is 1.